The van der Waals surface area contributed by atoms with E-state index in [2.05, 4.69) is 4.74 Å². The van der Waals surface area contributed by atoms with Gasteiger partial charge in [0.2, 0.25) is 0 Å². The maximum atomic E-state index is 10.2. The average Bonchev–Trinajstić information content (AvgIpc) is 1.98. The summed E-state index contributed by atoms with van der Waals surface area (Å²) in [5, 5.41) is 8.34. The maximum absolute atomic E-state index is 10.2. The summed E-state index contributed by atoms with van der Waals surface area (Å²) in [6.45, 7) is 5.95. The highest BCUT2D eigenvalue weighted by atomic mass is 16.7. The zero-order valence-corrected chi connectivity index (χ0v) is 7.33. The minimum atomic E-state index is -1.17. The molecule has 3 heteroatoms. The van der Waals surface area contributed by atoms with Crippen LogP contribution in [0.1, 0.15) is 33.6 Å². The average molecular weight is 160 g/mol. The van der Waals surface area contributed by atoms with Crippen molar-refractivity contribution in [2.24, 2.45) is 5.92 Å². The molecular formula is C8H16O3. The van der Waals surface area contributed by atoms with Crippen molar-refractivity contribution in [1.29, 1.82) is 0 Å². The number of carbonyl (C=O) groups is 1. The lowest BCUT2D eigenvalue weighted by Crippen LogP contribution is -2.23. The SMILES string of the molecule is CCC(C)C(CC)OC(=O)O. The summed E-state index contributed by atoms with van der Waals surface area (Å²) < 4.78 is 4.67. The largest absolute Gasteiger partial charge is 0.506 e. The number of hydrogen-bond donors (Lipinski definition) is 1. The molecule has 0 rings (SSSR count). The molecule has 2 unspecified atom stereocenters. The van der Waals surface area contributed by atoms with Crippen molar-refractivity contribution in [3.05, 3.63) is 0 Å². The van der Waals surface area contributed by atoms with E-state index in [0.717, 1.165) is 12.8 Å². The Bertz CT molecular complexity index is 123. The van der Waals surface area contributed by atoms with E-state index >= 15 is 0 Å². The summed E-state index contributed by atoms with van der Waals surface area (Å²) in [6, 6.07) is 0. The third-order valence-corrected chi connectivity index (χ3v) is 1.93. The molecule has 2 atom stereocenters. The lowest BCUT2D eigenvalue weighted by molar-refractivity contribution is 0.0256. The zero-order chi connectivity index (χ0) is 8.85. The molecule has 0 saturated heterocycles. The van der Waals surface area contributed by atoms with Crippen LogP contribution in [0, 0.1) is 5.92 Å². The number of hydrogen-bond acceptors (Lipinski definition) is 2. The third-order valence-electron chi connectivity index (χ3n) is 1.93. The van der Waals surface area contributed by atoms with Crippen molar-refractivity contribution in [2.75, 3.05) is 0 Å². The van der Waals surface area contributed by atoms with Crippen molar-refractivity contribution < 1.29 is 14.6 Å². The molecule has 0 radical (unpaired) electrons. The Morgan fingerprint density at radius 1 is 1.45 bits per heavy atom. The Hall–Kier alpha value is -0.730. The molecule has 0 fully saturated rings. The molecule has 0 aliphatic carbocycles. The molecule has 0 aliphatic heterocycles. The van der Waals surface area contributed by atoms with Crippen molar-refractivity contribution in [1.82, 2.24) is 0 Å². The lowest BCUT2D eigenvalue weighted by atomic mass is 10.00. The summed E-state index contributed by atoms with van der Waals surface area (Å²) in [5.74, 6) is 0.316. The standard InChI is InChI=1S/C8H16O3/c1-4-6(3)7(5-2)11-8(9)10/h6-7H,4-5H2,1-3H3,(H,9,10). The minimum Gasteiger partial charge on any atom is -0.450 e. The van der Waals surface area contributed by atoms with Crippen molar-refractivity contribution in [3.63, 3.8) is 0 Å². The molecule has 0 heterocycles. The van der Waals surface area contributed by atoms with Gasteiger partial charge in [0.15, 0.2) is 0 Å². The molecular weight excluding hydrogens is 144 g/mol. The molecule has 0 aliphatic rings. The third kappa shape index (κ3) is 3.86. The Labute approximate surface area is 67.4 Å². The molecule has 0 amide bonds. The summed E-state index contributed by atoms with van der Waals surface area (Å²) >= 11 is 0. The zero-order valence-electron chi connectivity index (χ0n) is 7.33. The van der Waals surface area contributed by atoms with Crippen LogP contribution >= 0.6 is 0 Å². The maximum Gasteiger partial charge on any atom is 0.506 e. The second-order valence-electron chi connectivity index (χ2n) is 2.72. The molecule has 1 N–H and O–H groups in total. The first-order valence-electron chi connectivity index (χ1n) is 4.01. The second kappa shape index (κ2) is 4.99. The van der Waals surface area contributed by atoms with Crippen molar-refractivity contribution >= 4 is 6.16 Å². The Balaban J connectivity index is 3.84. The number of ether oxygens (including phenoxy) is 1. The van der Waals surface area contributed by atoms with Crippen LogP contribution in [0.5, 0.6) is 0 Å². The van der Waals surface area contributed by atoms with Gasteiger partial charge in [-0.2, -0.15) is 0 Å². The van der Waals surface area contributed by atoms with E-state index in [1.54, 1.807) is 0 Å². The fourth-order valence-electron chi connectivity index (χ4n) is 0.994. The van der Waals surface area contributed by atoms with E-state index in [9.17, 15) is 4.79 Å². The number of rotatable bonds is 4. The van der Waals surface area contributed by atoms with E-state index < -0.39 is 6.16 Å². The summed E-state index contributed by atoms with van der Waals surface area (Å²) in [5.41, 5.74) is 0. The van der Waals surface area contributed by atoms with Crippen LogP contribution in [0.15, 0.2) is 0 Å². The van der Waals surface area contributed by atoms with Crippen molar-refractivity contribution in [3.8, 4) is 0 Å². The van der Waals surface area contributed by atoms with Crippen LogP contribution in [-0.4, -0.2) is 17.4 Å². The highest BCUT2D eigenvalue weighted by molar-refractivity contribution is 5.57. The van der Waals surface area contributed by atoms with Crippen LogP contribution < -0.4 is 0 Å². The van der Waals surface area contributed by atoms with Gasteiger partial charge in [-0.15, -0.1) is 0 Å². The molecule has 3 nitrogen and oxygen atoms in total. The van der Waals surface area contributed by atoms with Gasteiger partial charge in [0, 0.05) is 0 Å². The van der Waals surface area contributed by atoms with Gasteiger partial charge in [0.1, 0.15) is 6.10 Å². The highest BCUT2D eigenvalue weighted by Gasteiger charge is 2.17. The van der Waals surface area contributed by atoms with Crippen LogP contribution in [0.25, 0.3) is 0 Å². The van der Waals surface area contributed by atoms with Gasteiger partial charge >= 0.3 is 6.16 Å². The number of carboxylic acid groups (broad SMARTS) is 1. The van der Waals surface area contributed by atoms with E-state index in [1.165, 1.54) is 0 Å². The lowest BCUT2D eigenvalue weighted by Gasteiger charge is -2.19. The predicted molar refractivity (Wildman–Crippen MR) is 42.6 cm³/mol. The molecule has 11 heavy (non-hydrogen) atoms. The Morgan fingerprint density at radius 3 is 2.27 bits per heavy atom. The smallest absolute Gasteiger partial charge is 0.450 e. The fraction of sp³-hybridized carbons (Fsp3) is 0.875. The van der Waals surface area contributed by atoms with Crippen LogP contribution in [0.3, 0.4) is 0 Å². The molecule has 0 bridgehead atoms. The van der Waals surface area contributed by atoms with E-state index in [1.807, 2.05) is 20.8 Å². The first-order valence-corrected chi connectivity index (χ1v) is 4.01. The first kappa shape index (κ1) is 10.3. The summed E-state index contributed by atoms with van der Waals surface area (Å²) in [4.78, 5) is 10.2. The van der Waals surface area contributed by atoms with Gasteiger partial charge in [-0.25, -0.2) is 4.79 Å². The summed E-state index contributed by atoms with van der Waals surface area (Å²) in [6.07, 6.45) is 0.391. The van der Waals surface area contributed by atoms with Gasteiger partial charge in [0.05, 0.1) is 0 Å². The van der Waals surface area contributed by atoms with Gasteiger partial charge in [-0.1, -0.05) is 27.2 Å². The molecule has 0 aromatic rings. The van der Waals surface area contributed by atoms with Gasteiger partial charge in [-0.05, 0) is 12.3 Å². The van der Waals surface area contributed by atoms with E-state index in [-0.39, 0.29) is 6.10 Å². The van der Waals surface area contributed by atoms with Crippen LogP contribution in [0.2, 0.25) is 0 Å². The van der Waals surface area contributed by atoms with Crippen molar-refractivity contribution in [2.45, 2.75) is 39.7 Å². The normalized spacial score (nSPS) is 15.5. The summed E-state index contributed by atoms with van der Waals surface area (Å²) in [7, 11) is 0. The van der Waals surface area contributed by atoms with Gasteiger partial charge in [-0.3, -0.25) is 0 Å². The monoisotopic (exact) mass is 160 g/mol. The minimum absolute atomic E-state index is 0.141. The van der Waals surface area contributed by atoms with E-state index in [4.69, 9.17) is 5.11 Å². The fourth-order valence-corrected chi connectivity index (χ4v) is 0.994. The Morgan fingerprint density at radius 2 is 2.00 bits per heavy atom. The molecule has 0 spiro atoms. The Kier molecular flexibility index (Phi) is 4.66. The molecule has 0 aromatic carbocycles. The van der Waals surface area contributed by atoms with Gasteiger partial charge in [0.25, 0.3) is 0 Å². The predicted octanol–water partition coefficient (Wildman–Crippen LogP) is 2.51. The topological polar surface area (TPSA) is 46.5 Å². The quantitative estimate of drug-likeness (QED) is 0.643. The van der Waals surface area contributed by atoms with Gasteiger partial charge < -0.3 is 9.84 Å². The van der Waals surface area contributed by atoms with Crippen LogP contribution in [-0.2, 0) is 4.74 Å². The highest BCUT2D eigenvalue weighted by Crippen LogP contribution is 2.14. The molecule has 0 saturated carbocycles. The van der Waals surface area contributed by atoms with E-state index in [0.29, 0.717) is 5.92 Å². The molecule has 0 aromatic heterocycles. The molecule has 66 valence electrons. The first-order chi connectivity index (χ1) is 5.11. The van der Waals surface area contributed by atoms with Crippen LogP contribution in [0.4, 0.5) is 4.79 Å². The second-order valence-corrected chi connectivity index (χ2v) is 2.72.